The minimum Gasteiger partial charge on any atom is -0.339 e. The number of H-pyrrole nitrogens is 1. The molecule has 3 aromatic rings. The molecule has 0 saturated carbocycles. The number of aromatic nitrogens is 2. The van der Waals surface area contributed by atoms with Gasteiger partial charge in [0.1, 0.15) is 0 Å². The zero-order valence-corrected chi connectivity index (χ0v) is 18.5. The molecule has 0 spiro atoms. The number of halogens is 2. The lowest BCUT2D eigenvalue weighted by Crippen LogP contribution is -2.50. The molecule has 8 nitrogen and oxygen atoms in total. The Morgan fingerprint density at radius 3 is 2.22 bits per heavy atom. The molecule has 1 aliphatic heterocycles. The highest BCUT2D eigenvalue weighted by molar-refractivity contribution is 6.35. The monoisotopic (exact) mass is 474 g/mol. The molecule has 166 valence electrons. The molecule has 1 aliphatic rings. The van der Waals surface area contributed by atoms with E-state index in [1.54, 1.807) is 52.3 Å². The van der Waals surface area contributed by atoms with Crippen LogP contribution in [0.25, 0.3) is 10.9 Å². The predicted octanol–water partition coefficient (Wildman–Crippen LogP) is 2.37. The molecule has 2 heterocycles. The van der Waals surface area contributed by atoms with Crippen LogP contribution in [-0.2, 0) is 11.3 Å². The number of carbonyl (C=O) groups is 2. The van der Waals surface area contributed by atoms with Gasteiger partial charge in [-0.2, -0.15) is 0 Å². The summed E-state index contributed by atoms with van der Waals surface area (Å²) in [5.41, 5.74) is -0.0942. The first-order valence-electron chi connectivity index (χ1n) is 10.1. The fraction of sp³-hybridized carbons (Fsp3) is 0.273. The summed E-state index contributed by atoms with van der Waals surface area (Å²) in [6.45, 7) is 1.70. The number of para-hydroxylation sites is 1. The van der Waals surface area contributed by atoms with E-state index in [0.29, 0.717) is 52.7 Å². The molecule has 0 unspecified atom stereocenters. The van der Waals surface area contributed by atoms with Gasteiger partial charge in [-0.25, -0.2) is 4.79 Å². The Labute approximate surface area is 193 Å². The maximum absolute atomic E-state index is 12.7. The van der Waals surface area contributed by atoms with Crippen LogP contribution in [-0.4, -0.2) is 57.3 Å². The standard InChI is InChI=1S/C22H20Cl2N4O4/c23-15-11-14(12-16(24)13-15)21(31)27-9-7-26(8-10-27)19(29)5-6-28-18-4-2-1-3-17(18)20(30)25-22(28)32/h1-4,11-13H,5-10H2,(H,25,30,32). The number of fused-ring (bicyclic) bond motifs is 1. The molecular formula is C22H20Cl2N4O4. The largest absolute Gasteiger partial charge is 0.339 e. The molecule has 0 aliphatic carbocycles. The molecule has 32 heavy (non-hydrogen) atoms. The van der Waals surface area contributed by atoms with E-state index in [0.717, 1.165) is 0 Å². The number of amides is 2. The van der Waals surface area contributed by atoms with E-state index >= 15 is 0 Å². The zero-order valence-electron chi connectivity index (χ0n) is 17.0. The fourth-order valence-electron chi connectivity index (χ4n) is 3.85. The van der Waals surface area contributed by atoms with Gasteiger partial charge in [0.2, 0.25) is 5.91 Å². The second-order valence-corrected chi connectivity index (χ2v) is 8.38. The first kappa shape index (κ1) is 22.1. The molecule has 1 saturated heterocycles. The number of carbonyl (C=O) groups excluding carboxylic acids is 2. The summed E-state index contributed by atoms with van der Waals surface area (Å²) in [6, 6.07) is 11.5. The molecule has 2 amide bonds. The van der Waals surface area contributed by atoms with E-state index < -0.39 is 11.2 Å². The van der Waals surface area contributed by atoms with Gasteiger partial charge in [0.25, 0.3) is 11.5 Å². The van der Waals surface area contributed by atoms with Gasteiger partial charge in [-0.1, -0.05) is 35.3 Å². The van der Waals surface area contributed by atoms with Crippen molar-refractivity contribution >= 4 is 45.9 Å². The van der Waals surface area contributed by atoms with Crippen molar-refractivity contribution in [2.45, 2.75) is 13.0 Å². The number of piperazine rings is 1. The Kier molecular flexibility index (Phi) is 6.34. The quantitative estimate of drug-likeness (QED) is 0.627. The van der Waals surface area contributed by atoms with Crippen molar-refractivity contribution in [1.82, 2.24) is 19.4 Å². The summed E-state index contributed by atoms with van der Waals surface area (Å²) in [5, 5.41) is 1.17. The third-order valence-corrected chi connectivity index (χ3v) is 5.92. The average molecular weight is 475 g/mol. The number of aryl methyl sites for hydroxylation is 1. The highest BCUT2D eigenvalue weighted by Gasteiger charge is 2.25. The van der Waals surface area contributed by atoms with Gasteiger partial charge in [-0.3, -0.25) is 23.9 Å². The summed E-state index contributed by atoms with van der Waals surface area (Å²) < 4.78 is 1.40. The SMILES string of the molecule is O=C(CCn1c(=O)[nH]c(=O)c2ccccc21)N1CCN(C(=O)c2cc(Cl)cc(Cl)c2)CC1. The predicted molar refractivity (Wildman–Crippen MR) is 122 cm³/mol. The Balaban J connectivity index is 1.39. The van der Waals surface area contributed by atoms with Crippen LogP contribution in [0.15, 0.2) is 52.1 Å². The summed E-state index contributed by atoms with van der Waals surface area (Å²) in [5.74, 6) is -0.308. The van der Waals surface area contributed by atoms with Crippen LogP contribution in [0.5, 0.6) is 0 Å². The number of aromatic amines is 1. The highest BCUT2D eigenvalue weighted by Crippen LogP contribution is 2.21. The second-order valence-electron chi connectivity index (χ2n) is 7.51. The van der Waals surface area contributed by atoms with Crippen molar-refractivity contribution in [3.8, 4) is 0 Å². The van der Waals surface area contributed by atoms with E-state index in [4.69, 9.17) is 23.2 Å². The van der Waals surface area contributed by atoms with Crippen LogP contribution in [0, 0.1) is 0 Å². The van der Waals surface area contributed by atoms with Gasteiger partial charge in [-0.05, 0) is 30.3 Å². The Morgan fingerprint density at radius 1 is 0.906 bits per heavy atom. The lowest BCUT2D eigenvalue weighted by atomic mass is 10.1. The Bertz CT molecular complexity index is 1290. The van der Waals surface area contributed by atoms with Gasteiger partial charge in [0, 0.05) is 54.8 Å². The maximum Gasteiger partial charge on any atom is 0.328 e. The first-order chi connectivity index (χ1) is 15.3. The molecule has 1 aromatic heterocycles. The van der Waals surface area contributed by atoms with Crippen molar-refractivity contribution in [1.29, 1.82) is 0 Å². The van der Waals surface area contributed by atoms with Gasteiger partial charge >= 0.3 is 5.69 Å². The number of hydrogen-bond acceptors (Lipinski definition) is 4. The van der Waals surface area contributed by atoms with Crippen LogP contribution in [0.3, 0.4) is 0 Å². The molecular weight excluding hydrogens is 455 g/mol. The molecule has 1 fully saturated rings. The molecule has 0 atom stereocenters. The van der Waals surface area contributed by atoms with Crippen molar-refractivity contribution in [2.75, 3.05) is 26.2 Å². The van der Waals surface area contributed by atoms with E-state index in [2.05, 4.69) is 4.98 Å². The fourth-order valence-corrected chi connectivity index (χ4v) is 4.37. The van der Waals surface area contributed by atoms with Crippen molar-refractivity contribution in [2.24, 2.45) is 0 Å². The van der Waals surface area contributed by atoms with Gasteiger partial charge < -0.3 is 9.80 Å². The van der Waals surface area contributed by atoms with Crippen molar-refractivity contribution in [3.63, 3.8) is 0 Å². The Morgan fingerprint density at radius 2 is 1.53 bits per heavy atom. The minimum atomic E-state index is -0.544. The maximum atomic E-state index is 12.7. The van der Waals surface area contributed by atoms with Gasteiger partial charge in [0.15, 0.2) is 0 Å². The minimum absolute atomic E-state index is 0.105. The summed E-state index contributed by atoms with van der Waals surface area (Å²) in [4.78, 5) is 55.3. The number of benzene rings is 2. The second kappa shape index (κ2) is 9.18. The van der Waals surface area contributed by atoms with Crippen molar-refractivity contribution in [3.05, 3.63) is 78.9 Å². The van der Waals surface area contributed by atoms with E-state index in [9.17, 15) is 19.2 Å². The molecule has 4 rings (SSSR count). The van der Waals surface area contributed by atoms with Gasteiger partial charge in [0.05, 0.1) is 10.9 Å². The number of nitrogens with zero attached hydrogens (tertiary/aromatic N) is 3. The lowest BCUT2D eigenvalue weighted by Gasteiger charge is -2.35. The molecule has 1 N–H and O–H groups in total. The molecule has 0 bridgehead atoms. The van der Waals surface area contributed by atoms with Crippen molar-refractivity contribution < 1.29 is 9.59 Å². The third-order valence-electron chi connectivity index (χ3n) is 5.48. The zero-order chi connectivity index (χ0) is 22.8. The van der Waals surface area contributed by atoms with E-state index in [1.807, 2.05) is 0 Å². The van der Waals surface area contributed by atoms with Crippen LogP contribution >= 0.6 is 23.2 Å². The number of nitrogens with one attached hydrogen (secondary N) is 1. The molecule has 2 aromatic carbocycles. The van der Waals surface area contributed by atoms with Crippen LogP contribution in [0.4, 0.5) is 0 Å². The first-order valence-corrected chi connectivity index (χ1v) is 10.8. The molecule has 0 radical (unpaired) electrons. The van der Waals surface area contributed by atoms with Crippen LogP contribution < -0.4 is 11.2 Å². The summed E-state index contributed by atoms with van der Waals surface area (Å²) >= 11 is 12.0. The van der Waals surface area contributed by atoms with E-state index in [1.165, 1.54) is 4.57 Å². The smallest absolute Gasteiger partial charge is 0.328 e. The summed E-state index contributed by atoms with van der Waals surface area (Å²) in [6.07, 6.45) is 0.105. The lowest BCUT2D eigenvalue weighted by molar-refractivity contribution is -0.132. The van der Waals surface area contributed by atoms with Gasteiger partial charge in [-0.15, -0.1) is 0 Å². The summed E-state index contributed by atoms with van der Waals surface area (Å²) in [7, 11) is 0. The Hall–Kier alpha value is -3.10. The van der Waals surface area contributed by atoms with Crippen LogP contribution in [0.2, 0.25) is 10.0 Å². The number of hydrogen-bond donors (Lipinski definition) is 1. The van der Waals surface area contributed by atoms with E-state index in [-0.39, 0.29) is 24.8 Å². The molecule has 10 heteroatoms. The van der Waals surface area contributed by atoms with Crippen LogP contribution in [0.1, 0.15) is 16.8 Å². The normalized spacial score (nSPS) is 14.1. The topological polar surface area (TPSA) is 95.5 Å². The average Bonchev–Trinajstić information content (AvgIpc) is 2.77. The highest BCUT2D eigenvalue weighted by atomic mass is 35.5. The number of rotatable bonds is 4. The third kappa shape index (κ3) is 4.56.